The summed E-state index contributed by atoms with van der Waals surface area (Å²) in [5.41, 5.74) is 0. The molecule has 12 heavy (non-hydrogen) atoms. The van der Waals surface area contributed by atoms with Crippen LogP contribution in [0.15, 0.2) is 0 Å². The molecule has 0 aromatic rings. The Morgan fingerprint density at radius 1 is 1.42 bits per heavy atom. The van der Waals surface area contributed by atoms with Crippen LogP contribution in [-0.4, -0.2) is 24.1 Å². The first kappa shape index (κ1) is 10.4. The van der Waals surface area contributed by atoms with Gasteiger partial charge in [-0.25, -0.2) is 0 Å². The summed E-state index contributed by atoms with van der Waals surface area (Å²) in [6.07, 6.45) is 4.22. The summed E-state index contributed by atoms with van der Waals surface area (Å²) in [7, 11) is 0. The van der Waals surface area contributed by atoms with Gasteiger partial charge in [-0.1, -0.05) is 20.3 Å². The summed E-state index contributed by atoms with van der Waals surface area (Å²) in [5.74, 6) is 3.55. The number of nitrogens with one attached hydrogen (secondary N) is 1. The minimum absolute atomic E-state index is 0.877. The summed E-state index contributed by atoms with van der Waals surface area (Å²) in [6, 6.07) is 0.877. The first-order chi connectivity index (χ1) is 5.88. The van der Waals surface area contributed by atoms with Gasteiger partial charge in [-0.2, -0.15) is 11.8 Å². The second-order valence-corrected chi connectivity index (χ2v) is 4.94. The molecule has 1 fully saturated rings. The Morgan fingerprint density at radius 3 is 2.92 bits per heavy atom. The van der Waals surface area contributed by atoms with Crippen LogP contribution in [-0.2, 0) is 0 Å². The molecule has 0 amide bonds. The predicted octanol–water partition coefficient (Wildman–Crippen LogP) is 2.52. The average molecular weight is 187 g/mol. The lowest BCUT2D eigenvalue weighted by Crippen LogP contribution is -2.21. The van der Waals surface area contributed by atoms with Crippen molar-refractivity contribution in [2.24, 2.45) is 5.92 Å². The normalized spacial score (nSPS) is 27.5. The second kappa shape index (κ2) is 5.87. The summed E-state index contributed by atoms with van der Waals surface area (Å²) in [4.78, 5) is 0. The summed E-state index contributed by atoms with van der Waals surface area (Å²) in [6.45, 7) is 5.72. The lowest BCUT2D eigenvalue weighted by atomic mass is 10.2. The van der Waals surface area contributed by atoms with Crippen molar-refractivity contribution in [1.29, 1.82) is 0 Å². The van der Waals surface area contributed by atoms with E-state index in [0.29, 0.717) is 0 Å². The highest BCUT2D eigenvalue weighted by molar-refractivity contribution is 7.99. The van der Waals surface area contributed by atoms with Crippen LogP contribution in [0.25, 0.3) is 0 Å². The van der Waals surface area contributed by atoms with E-state index in [-0.39, 0.29) is 0 Å². The molecule has 1 nitrogen and oxygen atoms in total. The Balaban J connectivity index is 1.83. The fraction of sp³-hybridized carbons (Fsp3) is 1.00. The minimum atomic E-state index is 0.877. The van der Waals surface area contributed by atoms with Crippen LogP contribution >= 0.6 is 11.8 Å². The predicted molar refractivity (Wildman–Crippen MR) is 57.8 cm³/mol. The van der Waals surface area contributed by atoms with Gasteiger partial charge in [-0.05, 0) is 24.5 Å². The van der Waals surface area contributed by atoms with E-state index in [9.17, 15) is 0 Å². The summed E-state index contributed by atoms with van der Waals surface area (Å²) >= 11 is 2.03. The van der Waals surface area contributed by atoms with Crippen LogP contribution in [0.4, 0.5) is 0 Å². The van der Waals surface area contributed by atoms with Gasteiger partial charge >= 0.3 is 0 Å². The van der Waals surface area contributed by atoms with Gasteiger partial charge in [0, 0.05) is 18.3 Å². The Morgan fingerprint density at radius 2 is 2.25 bits per heavy atom. The van der Waals surface area contributed by atoms with Crippen LogP contribution < -0.4 is 5.32 Å². The van der Waals surface area contributed by atoms with Crippen LogP contribution in [0.5, 0.6) is 0 Å². The molecule has 0 aromatic carbocycles. The van der Waals surface area contributed by atoms with Gasteiger partial charge in [0.1, 0.15) is 0 Å². The van der Waals surface area contributed by atoms with Crippen molar-refractivity contribution in [3.05, 3.63) is 0 Å². The molecule has 1 rings (SSSR count). The Hall–Kier alpha value is 0.310. The van der Waals surface area contributed by atoms with Gasteiger partial charge in [-0.15, -0.1) is 0 Å². The molecule has 1 saturated carbocycles. The largest absolute Gasteiger partial charge is 0.313 e. The minimum Gasteiger partial charge on any atom is -0.313 e. The van der Waals surface area contributed by atoms with Crippen LogP contribution in [0.1, 0.15) is 33.1 Å². The molecule has 0 heterocycles. The van der Waals surface area contributed by atoms with E-state index in [1.165, 1.54) is 37.3 Å². The van der Waals surface area contributed by atoms with Crippen molar-refractivity contribution in [2.45, 2.75) is 39.2 Å². The molecule has 1 aliphatic carbocycles. The molecule has 2 atom stereocenters. The van der Waals surface area contributed by atoms with Crippen molar-refractivity contribution in [1.82, 2.24) is 5.32 Å². The lowest BCUT2D eigenvalue weighted by molar-refractivity contribution is 0.616. The topological polar surface area (TPSA) is 12.0 Å². The maximum Gasteiger partial charge on any atom is 0.00994 e. The maximum absolute atomic E-state index is 3.61. The van der Waals surface area contributed by atoms with Crippen LogP contribution in [0.2, 0.25) is 0 Å². The fourth-order valence-corrected chi connectivity index (χ4v) is 2.20. The fourth-order valence-electron chi connectivity index (χ4n) is 1.65. The van der Waals surface area contributed by atoms with Crippen LogP contribution in [0, 0.1) is 5.92 Å². The number of thioether (sulfide) groups is 1. The van der Waals surface area contributed by atoms with E-state index in [1.807, 2.05) is 11.8 Å². The molecule has 0 bridgehead atoms. The summed E-state index contributed by atoms with van der Waals surface area (Å²) < 4.78 is 0. The molecule has 2 unspecified atom stereocenters. The van der Waals surface area contributed by atoms with Crippen molar-refractivity contribution in [3.63, 3.8) is 0 Å². The number of hydrogen-bond donors (Lipinski definition) is 1. The van der Waals surface area contributed by atoms with Gasteiger partial charge in [0.2, 0.25) is 0 Å². The van der Waals surface area contributed by atoms with E-state index < -0.39 is 0 Å². The average Bonchev–Trinajstić information content (AvgIpc) is 2.79. The second-order valence-electron chi connectivity index (χ2n) is 3.54. The van der Waals surface area contributed by atoms with Gasteiger partial charge in [0.05, 0.1) is 0 Å². The van der Waals surface area contributed by atoms with E-state index >= 15 is 0 Å². The Kier molecular flexibility index (Phi) is 5.08. The summed E-state index contributed by atoms with van der Waals surface area (Å²) in [5, 5.41) is 3.61. The molecular formula is C10H21NS. The van der Waals surface area contributed by atoms with Crippen molar-refractivity contribution >= 4 is 11.8 Å². The van der Waals surface area contributed by atoms with Crippen molar-refractivity contribution in [3.8, 4) is 0 Å². The highest BCUT2D eigenvalue weighted by Crippen LogP contribution is 2.34. The molecule has 0 radical (unpaired) electrons. The van der Waals surface area contributed by atoms with Crippen LogP contribution in [0.3, 0.4) is 0 Å². The quantitative estimate of drug-likeness (QED) is 0.615. The first-order valence-corrected chi connectivity index (χ1v) is 6.35. The van der Waals surface area contributed by atoms with E-state index in [2.05, 4.69) is 19.2 Å². The first-order valence-electron chi connectivity index (χ1n) is 5.19. The molecule has 0 aromatic heterocycles. The third-order valence-electron chi connectivity index (χ3n) is 2.44. The highest BCUT2D eigenvalue weighted by atomic mass is 32.2. The Bertz CT molecular complexity index is 116. The van der Waals surface area contributed by atoms with Gasteiger partial charge in [0.25, 0.3) is 0 Å². The van der Waals surface area contributed by atoms with Gasteiger partial charge in [0.15, 0.2) is 0 Å². The molecular weight excluding hydrogens is 166 g/mol. The zero-order chi connectivity index (χ0) is 8.81. The van der Waals surface area contributed by atoms with Crippen molar-refractivity contribution in [2.75, 3.05) is 18.1 Å². The molecule has 0 aliphatic heterocycles. The monoisotopic (exact) mass is 187 g/mol. The standard InChI is InChI=1S/C10H21NS/c1-3-5-9-8-10(9)11-6-7-12-4-2/h9-11H,3-8H2,1-2H3. The third-order valence-corrected chi connectivity index (χ3v) is 3.34. The van der Waals surface area contributed by atoms with E-state index in [1.54, 1.807) is 0 Å². The zero-order valence-electron chi connectivity index (χ0n) is 8.31. The van der Waals surface area contributed by atoms with E-state index in [0.717, 1.165) is 12.0 Å². The molecule has 1 aliphatic rings. The highest BCUT2D eigenvalue weighted by Gasteiger charge is 2.34. The van der Waals surface area contributed by atoms with Crippen molar-refractivity contribution < 1.29 is 0 Å². The smallest absolute Gasteiger partial charge is 0.00994 e. The molecule has 0 spiro atoms. The maximum atomic E-state index is 3.61. The molecule has 2 heteroatoms. The molecule has 72 valence electrons. The molecule has 1 N–H and O–H groups in total. The number of rotatable bonds is 7. The Labute approximate surface area is 80.7 Å². The third kappa shape index (κ3) is 3.81. The lowest BCUT2D eigenvalue weighted by Gasteiger charge is -2.02. The van der Waals surface area contributed by atoms with Gasteiger partial charge < -0.3 is 5.32 Å². The van der Waals surface area contributed by atoms with E-state index in [4.69, 9.17) is 0 Å². The SMILES string of the molecule is CCCC1CC1NCCSCC. The molecule has 0 saturated heterocycles. The zero-order valence-corrected chi connectivity index (χ0v) is 9.12. The number of hydrogen-bond acceptors (Lipinski definition) is 2. The van der Waals surface area contributed by atoms with Gasteiger partial charge in [-0.3, -0.25) is 0 Å².